The minimum Gasteiger partial charge on any atom is -0.508 e. The number of aliphatic hydroxyl groups excluding tert-OH is 1. The third-order valence-electron chi connectivity index (χ3n) is 6.65. The molecule has 0 bridgehead atoms. The highest BCUT2D eigenvalue weighted by atomic mass is 16.5. The molecule has 0 aromatic heterocycles. The molecule has 40 heavy (non-hydrogen) atoms. The number of anilines is 1. The SMILES string of the molecule is CCOC(=O)c1ccc(N2C(=O)C(=O)/C(=C(\O)c3ccc(OCC)c(C(C)(C)C)c3)C2c2cccc(O)c2)cc1. The number of Topliss-reactive ketones (excluding diaryl/α,β-unsaturated/α-hetero) is 1. The summed E-state index contributed by atoms with van der Waals surface area (Å²) in [5.41, 5.74) is 1.79. The van der Waals surface area contributed by atoms with Crippen LogP contribution in [0.1, 0.15) is 67.7 Å². The van der Waals surface area contributed by atoms with Crippen LogP contribution in [-0.4, -0.2) is 41.1 Å². The Kier molecular flexibility index (Phi) is 8.00. The van der Waals surface area contributed by atoms with Gasteiger partial charge in [0, 0.05) is 16.8 Å². The van der Waals surface area contributed by atoms with Gasteiger partial charge >= 0.3 is 5.97 Å². The van der Waals surface area contributed by atoms with Crippen molar-refractivity contribution in [2.45, 2.75) is 46.1 Å². The molecule has 4 rings (SSSR count). The molecule has 0 radical (unpaired) electrons. The molecule has 1 heterocycles. The summed E-state index contributed by atoms with van der Waals surface area (Å²) < 4.78 is 10.8. The van der Waals surface area contributed by atoms with Crippen molar-refractivity contribution in [2.24, 2.45) is 0 Å². The summed E-state index contributed by atoms with van der Waals surface area (Å²) in [7, 11) is 0. The molecule has 1 aliphatic heterocycles. The molecular weight excluding hydrogens is 510 g/mol. The van der Waals surface area contributed by atoms with Crippen molar-refractivity contribution in [3.63, 3.8) is 0 Å². The Morgan fingerprint density at radius 1 is 0.925 bits per heavy atom. The molecule has 8 heteroatoms. The molecule has 0 aliphatic carbocycles. The van der Waals surface area contributed by atoms with Gasteiger partial charge in [-0.05, 0) is 79.4 Å². The summed E-state index contributed by atoms with van der Waals surface area (Å²) in [5.74, 6) is -1.96. The lowest BCUT2D eigenvalue weighted by Gasteiger charge is -2.26. The highest BCUT2D eigenvalue weighted by Gasteiger charge is 2.47. The van der Waals surface area contributed by atoms with Crippen LogP contribution in [0, 0.1) is 0 Å². The molecular formula is C32H33NO7. The van der Waals surface area contributed by atoms with E-state index in [0.717, 1.165) is 5.56 Å². The lowest BCUT2D eigenvalue weighted by molar-refractivity contribution is -0.132. The average Bonchev–Trinajstić information content (AvgIpc) is 3.18. The molecule has 1 unspecified atom stereocenters. The number of carbonyl (C=O) groups is 3. The van der Waals surface area contributed by atoms with Gasteiger partial charge in [0.25, 0.3) is 11.7 Å². The molecule has 1 fully saturated rings. The number of hydrogen-bond acceptors (Lipinski definition) is 7. The smallest absolute Gasteiger partial charge is 0.338 e. The molecule has 1 aliphatic rings. The zero-order valence-corrected chi connectivity index (χ0v) is 23.2. The number of hydrogen-bond donors (Lipinski definition) is 2. The number of ether oxygens (including phenoxy) is 2. The first kappa shape index (κ1) is 28.4. The van der Waals surface area contributed by atoms with Gasteiger partial charge in [-0.25, -0.2) is 4.79 Å². The van der Waals surface area contributed by atoms with Crippen LogP contribution in [0.4, 0.5) is 5.69 Å². The summed E-state index contributed by atoms with van der Waals surface area (Å²) in [6, 6.07) is 16.4. The summed E-state index contributed by atoms with van der Waals surface area (Å²) in [4.78, 5) is 40.4. The summed E-state index contributed by atoms with van der Waals surface area (Å²) in [5, 5.41) is 21.8. The summed E-state index contributed by atoms with van der Waals surface area (Å²) in [6.07, 6.45) is 0. The lowest BCUT2D eigenvalue weighted by atomic mass is 9.84. The monoisotopic (exact) mass is 543 g/mol. The van der Waals surface area contributed by atoms with E-state index >= 15 is 0 Å². The number of aromatic hydroxyl groups is 1. The van der Waals surface area contributed by atoms with Crippen LogP contribution in [0.5, 0.6) is 11.5 Å². The van der Waals surface area contributed by atoms with E-state index in [4.69, 9.17) is 9.47 Å². The largest absolute Gasteiger partial charge is 0.508 e. The van der Waals surface area contributed by atoms with E-state index < -0.39 is 23.7 Å². The number of rotatable bonds is 7. The first-order valence-corrected chi connectivity index (χ1v) is 13.1. The van der Waals surface area contributed by atoms with Crippen LogP contribution in [-0.2, 0) is 19.7 Å². The van der Waals surface area contributed by atoms with E-state index in [-0.39, 0.29) is 29.1 Å². The van der Waals surface area contributed by atoms with Crippen molar-refractivity contribution < 1.29 is 34.1 Å². The van der Waals surface area contributed by atoms with Gasteiger partial charge in [0.2, 0.25) is 0 Å². The second-order valence-corrected chi connectivity index (χ2v) is 10.4. The minimum absolute atomic E-state index is 0.0585. The number of phenols is 1. The molecule has 1 atom stereocenters. The summed E-state index contributed by atoms with van der Waals surface area (Å²) in [6.45, 7) is 10.3. The van der Waals surface area contributed by atoms with Gasteiger partial charge in [-0.1, -0.05) is 32.9 Å². The normalized spacial score (nSPS) is 16.7. The molecule has 3 aromatic rings. The first-order chi connectivity index (χ1) is 19.0. The zero-order chi connectivity index (χ0) is 29.2. The Morgan fingerprint density at radius 3 is 2.20 bits per heavy atom. The predicted octanol–water partition coefficient (Wildman–Crippen LogP) is 5.89. The van der Waals surface area contributed by atoms with Crippen molar-refractivity contribution in [3.05, 3.63) is 94.6 Å². The molecule has 3 aromatic carbocycles. The standard InChI is InChI=1S/C32H33NO7/c1-6-39-25-16-13-21(18-24(25)32(3,4)5)28(35)26-27(20-9-8-10-23(34)17-20)33(30(37)29(26)36)22-14-11-19(12-15-22)31(38)40-7-2/h8-18,27,34-35H,6-7H2,1-5H3/b28-26-. The van der Waals surface area contributed by atoms with E-state index in [2.05, 4.69) is 0 Å². The fourth-order valence-electron chi connectivity index (χ4n) is 4.78. The van der Waals surface area contributed by atoms with E-state index in [1.165, 1.54) is 29.2 Å². The predicted molar refractivity (Wildman–Crippen MR) is 152 cm³/mol. The van der Waals surface area contributed by atoms with Crippen LogP contribution < -0.4 is 9.64 Å². The quantitative estimate of drug-likeness (QED) is 0.165. The molecule has 1 amide bonds. The maximum atomic E-state index is 13.5. The fraction of sp³-hybridized carbons (Fsp3) is 0.281. The molecule has 208 valence electrons. The van der Waals surface area contributed by atoms with Gasteiger partial charge in [-0.3, -0.25) is 14.5 Å². The topological polar surface area (TPSA) is 113 Å². The van der Waals surface area contributed by atoms with Gasteiger partial charge in [-0.15, -0.1) is 0 Å². The van der Waals surface area contributed by atoms with Gasteiger partial charge in [0.1, 0.15) is 17.3 Å². The Labute approximate surface area is 233 Å². The van der Waals surface area contributed by atoms with E-state index in [1.807, 2.05) is 27.7 Å². The molecule has 8 nitrogen and oxygen atoms in total. The van der Waals surface area contributed by atoms with Gasteiger partial charge in [0.15, 0.2) is 0 Å². The average molecular weight is 544 g/mol. The first-order valence-electron chi connectivity index (χ1n) is 13.1. The van der Waals surface area contributed by atoms with Crippen molar-refractivity contribution in [1.82, 2.24) is 0 Å². The molecule has 2 N–H and O–H groups in total. The highest BCUT2D eigenvalue weighted by Crippen LogP contribution is 2.43. The number of phenolic OH excluding ortho intramolecular Hbond substituents is 1. The molecule has 0 spiro atoms. The van der Waals surface area contributed by atoms with Crippen molar-refractivity contribution in [2.75, 3.05) is 18.1 Å². The Hall–Kier alpha value is -4.59. The molecule has 1 saturated heterocycles. The van der Waals surface area contributed by atoms with Crippen molar-refractivity contribution in [3.8, 4) is 11.5 Å². The van der Waals surface area contributed by atoms with Crippen LogP contribution in [0.25, 0.3) is 5.76 Å². The van der Waals surface area contributed by atoms with Crippen molar-refractivity contribution in [1.29, 1.82) is 0 Å². The van der Waals surface area contributed by atoms with Gasteiger partial charge in [-0.2, -0.15) is 0 Å². The number of esters is 1. The lowest BCUT2D eigenvalue weighted by Crippen LogP contribution is -2.29. The number of ketones is 1. The van der Waals surface area contributed by atoms with Crippen LogP contribution in [0.3, 0.4) is 0 Å². The number of carbonyl (C=O) groups excluding carboxylic acids is 3. The van der Waals surface area contributed by atoms with Crippen LogP contribution in [0.15, 0.2) is 72.3 Å². The van der Waals surface area contributed by atoms with E-state index in [0.29, 0.717) is 34.7 Å². The summed E-state index contributed by atoms with van der Waals surface area (Å²) >= 11 is 0. The zero-order valence-electron chi connectivity index (χ0n) is 23.2. The van der Waals surface area contributed by atoms with Gasteiger partial charge in [0.05, 0.1) is 30.4 Å². The third kappa shape index (κ3) is 5.43. The Bertz CT molecular complexity index is 1480. The molecule has 0 saturated carbocycles. The van der Waals surface area contributed by atoms with Crippen LogP contribution >= 0.6 is 0 Å². The maximum absolute atomic E-state index is 13.5. The Balaban J connectivity index is 1.90. The fourth-order valence-corrected chi connectivity index (χ4v) is 4.78. The van der Waals surface area contributed by atoms with E-state index in [9.17, 15) is 24.6 Å². The highest BCUT2D eigenvalue weighted by molar-refractivity contribution is 6.51. The maximum Gasteiger partial charge on any atom is 0.338 e. The van der Waals surface area contributed by atoms with Crippen molar-refractivity contribution >= 4 is 29.1 Å². The third-order valence-corrected chi connectivity index (χ3v) is 6.65. The van der Waals surface area contributed by atoms with E-state index in [1.54, 1.807) is 49.4 Å². The second-order valence-electron chi connectivity index (χ2n) is 10.4. The second kappa shape index (κ2) is 11.3. The Morgan fingerprint density at radius 2 is 1.60 bits per heavy atom. The number of amides is 1. The minimum atomic E-state index is -1.04. The van der Waals surface area contributed by atoms with Crippen LogP contribution in [0.2, 0.25) is 0 Å². The number of aliphatic hydroxyl groups is 1. The van der Waals surface area contributed by atoms with Gasteiger partial charge < -0.3 is 19.7 Å². The number of benzene rings is 3. The number of nitrogens with zero attached hydrogens (tertiary/aromatic N) is 1.